The van der Waals surface area contributed by atoms with E-state index in [1.807, 2.05) is 67.8 Å². The molecular formula is C33H40N2O5S. The molecule has 3 aromatic rings. The highest BCUT2D eigenvalue weighted by Crippen LogP contribution is 2.30. The highest BCUT2D eigenvalue weighted by molar-refractivity contribution is 7.98. The highest BCUT2D eigenvalue weighted by atomic mass is 32.2. The van der Waals surface area contributed by atoms with Crippen LogP contribution in [0.1, 0.15) is 39.9 Å². The number of methoxy groups -OCH3 is 1. The van der Waals surface area contributed by atoms with E-state index in [0.29, 0.717) is 37.5 Å². The lowest BCUT2D eigenvalue weighted by Gasteiger charge is -2.25. The third kappa shape index (κ3) is 8.42. The Morgan fingerprint density at radius 2 is 1.80 bits per heavy atom. The number of nitrogens with zero attached hydrogens (tertiary/aromatic N) is 1. The Bertz CT molecular complexity index is 1300. The summed E-state index contributed by atoms with van der Waals surface area (Å²) in [7, 11) is 1.75. The molecule has 7 nitrogen and oxygen atoms in total. The van der Waals surface area contributed by atoms with Crippen molar-refractivity contribution < 1.29 is 24.2 Å². The topological polar surface area (TPSA) is 88.1 Å². The van der Waals surface area contributed by atoms with Crippen LogP contribution in [0.25, 0.3) is 11.1 Å². The number of aliphatic carboxylic acids is 1. The molecule has 0 bridgehead atoms. The summed E-state index contributed by atoms with van der Waals surface area (Å²) in [6.45, 7) is 4.68. The molecule has 41 heavy (non-hydrogen) atoms. The van der Waals surface area contributed by atoms with E-state index in [0.717, 1.165) is 40.8 Å². The van der Waals surface area contributed by atoms with Crippen LogP contribution in [0.4, 0.5) is 0 Å². The Morgan fingerprint density at radius 3 is 2.51 bits per heavy atom. The van der Waals surface area contributed by atoms with Crippen LogP contribution in [0, 0.1) is 6.92 Å². The van der Waals surface area contributed by atoms with Gasteiger partial charge in [-0.15, -0.1) is 0 Å². The first kappa shape index (κ1) is 30.8. The number of nitrogens with one attached hydrogen (secondary N) is 1. The maximum atomic E-state index is 13.4. The summed E-state index contributed by atoms with van der Waals surface area (Å²) >= 11 is 1.56. The fourth-order valence-corrected chi connectivity index (χ4v) is 5.78. The number of rotatable bonds is 14. The van der Waals surface area contributed by atoms with Crippen LogP contribution in [0.2, 0.25) is 0 Å². The number of carboxylic acid groups (broad SMARTS) is 1. The molecule has 1 fully saturated rings. The lowest BCUT2D eigenvalue weighted by molar-refractivity contribution is -0.139. The molecule has 0 aliphatic carbocycles. The van der Waals surface area contributed by atoms with Crippen molar-refractivity contribution in [1.29, 1.82) is 0 Å². The Labute approximate surface area is 247 Å². The molecule has 3 atom stereocenters. The van der Waals surface area contributed by atoms with Gasteiger partial charge in [-0.25, -0.2) is 4.79 Å². The number of aryl methyl sites for hydroxylation is 1. The molecule has 1 amide bonds. The van der Waals surface area contributed by atoms with Gasteiger partial charge >= 0.3 is 5.97 Å². The van der Waals surface area contributed by atoms with Crippen molar-refractivity contribution in [2.75, 3.05) is 32.3 Å². The van der Waals surface area contributed by atoms with Crippen molar-refractivity contribution in [3.63, 3.8) is 0 Å². The summed E-state index contributed by atoms with van der Waals surface area (Å²) < 4.78 is 11.8. The second-order valence-corrected chi connectivity index (χ2v) is 11.5. The molecule has 0 spiro atoms. The van der Waals surface area contributed by atoms with Gasteiger partial charge in [-0.3, -0.25) is 9.69 Å². The normalized spacial score (nSPS) is 17.8. The first-order chi connectivity index (χ1) is 19.9. The monoisotopic (exact) mass is 576 g/mol. The van der Waals surface area contributed by atoms with E-state index in [1.165, 1.54) is 0 Å². The molecular weight excluding hydrogens is 536 g/mol. The zero-order valence-electron chi connectivity index (χ0n) is 24.0. The van der Waals surface area contributed by atoms with E-state index in [-0.39, 0.29) is 18.1 Å². The smallest absolute Gasteiger partial charge is 0.326 e. The molecule has 0 saturated carbocycles. The van der Waals surface area contributed by atoms with Crippen LogP contribution < -0.4 is 5.32 Å². The van der Waals surface area contributed by atoms with E-state index in [4.69, 9.17) is 9.47 Å². The summed E-state index contributed by atoms with van der Waals surface area (Å²) in [5.41, 5.74) is 5.49. The average molecular weight is 577 g/mol. The van der Waals surface area contributed by atoms with Gasteiger partial charge in [0.05, 0.1) is 19.3 Å². The molecule has 1 aliphatic heterocycles. The summed E-state index contributed by atoms with van der Waals surface area (Å²) in [5.74, 6) is -0.755. The number of hydrogen-bond acceptors (Lipinski definition) is 6. The molecule has 0 unspecified atom stereocenters. The van der Waals surface area contributed by atoms with Crippen LogP contribution in [0.3, 0.4) is 0 Å². The van der Waals surface area contributed by atoms with E-state index < -0.39 is 12.0 Å². The molecule has 1 saturated heterocycles. The number of carbonyl (C=O) groups excluding carboxylic acids is 1. The van der Waals surface area contributed by atoms with Crippen molar-refractivity contribution in [3.8, 4) is 11.1 Å². The number of likely N-dealkylation sites (tertiary alicyclic amines) is 1. The minimum absolute atomic E-state index is 0.135. The Hall–Kier alpha value is -3.17. The van der Waals surface area contributed by atoms with Crippen molar-refractivity contribution in [2.45, 2.75) is 51.1 Å². The molecule has 1 aliphatic rings. The van der Waals surface area contributed by atoms with E-state index in [2.05, 4.69) is 28.4 Å². The fourth-order valence-electron chi connectivity index (χ4n) is 5.31. The van der Waals surface area contributed by atoms with Crippen molar-refractivity contribution in [3.05, 3.63) is 95.1 Å². The first-order valence-electron chi connectivity index (χ1n) is 14.0. The molecule has 0 radical (unpaired) electrons. The zero-order chi connectivity index (χ0) is 29.2. The highest BCUT2D eigenvalue weighted by Gasteiger charge is 2.32. The van der Waals surface area contributed by atoms with Gasteiger partial charge in [-0.2, -0.15) is 11.8 Å². The van der Waals surface area contributed by atoms with Crippen LogP contribution in [-0.4, -0.2) is 72.3 Å². The minimum atomic E-state index is -1.02. The first-order valence-corrected chi connectivity index (χ1v) is 15.4. The molecule has 2 N–H and O–H groups in total. The second-order valence-electron chi connectivity index (χ2n) is 10.5. The van der Waals surface area contributed by atoms with Gasteiger partial charge in [-0.05, 0) is 71.7 Å². The van der Waals surface area contributed by atoms with Gasteiger partial charge < -0.3 is 19.9 Å². The average Bonchev–Trinajstić information content (AvgIpc) is 3.37. The van der Waals surface area contributed by atoms with E-state index >= 15 is 0 Å². The van der Waals surface area contributed by atoms with Crippen LogP contribution in [0.15, 0.2) is 72.8 Å². The van der Waals surface area contributed by atoms with Crippen LogP contribution >= 0.6 is 11.8 Å². The largest absolute Gasteiger partial charge is 0.480 e. The van der Waals surface area contributed by atoms with Gasteiger partial charge in [-0.1, -0.05) is 60.7 Å². The maximum absolute atomic E-state index is 13.4. The van der Waals surface area contributed by atoms with Crippen molar-refractivity contribution >= 4 is 23.6 Å². The molecule has 3 aromatic carbocycles. The molecule has 8 heteroatoms. The van der Waals surface area contributed by atoms with Gasteiger partial charge in [0.15, 0.2) is 0 Å². The molecule has 218 valence electrons. The summed E-state index contributed by atoms with van der Waals surface area (Å²) in [5, 5.41) is 12.4. The van der Waals surface area contributed by atoms with Gasteiger partial charge in [0.1, 0.15) is 6.04 Å². The number of carbonyl (C=O) groups is 2. The predicted octanol–water partition coefficient (Wildman–Crippen LogP) is 5.40. The Kier molecular flexibility index (Phi) is 11.4. The number of carboxylic acids is 1. The number of hydrogen-bond donors (Lipinski definition) is 2. The standard InChI is InChI=1S/C33H40N2O5S/c1-23-9-7-8-12-28(23)30-17-25(13-14-29(30)32(36)34-31(33(37)38)15-16-41-3)19-35-20-27(39-2)18-26(35)22-40-21-24-10-5-4-6-11-24/h4-14,17,26-27,31H,15-16,18-22H2,1-3H3,(H,34,36)(H,37,38)/t26-,27-,31+/m1/s1. The molecule has 1 heterocycles. The second kappa shape index (κ2) is 15.2. The zero-order valence-corrected chi connectivity index (χ0v) is 24.9. The van der Waals surface area contributed by atoms with Gasteiger partial charge in [0.25, 0.3) is 5.91 Å². The van der Waals surface area contributed by atoms with E-state index in [1.54, 1.807) is 18.9 Å². The minimum Gasteiger partial charge on any atom is -0.480 e. The SMILES string of the molecule is CO[C@@H]1C[C@H](COCc2ccccc2)N(Cc2ccc(C(=O)N[C@@H](CCSC)C(=O)O)c(-c3ccccc3C)c2)C1. The maximum Gasteiger partial charge on any atom is 0.326 e. The van der Waals surface area contributed by atoms with E-state index in [9.17, 15) is 14.7 Å². The van der Waals surface area contributed by atoms with Gasteiger partial charge in [0, 0.05) is 31.8 Å². The number of thioether (sulfide) groups is 1. The number of benzene rings is 3. The summed E-state index contributed by atoms with van der Waals surface area (Å²) in [4.78, 5) is 27.6. The third-order valence-corrected chi connectivity index (χ3v) is 8.25. The van der Waals surface area contributed by atoms with Crippen molar-refractivity contribution in [1.82, 2.24) is 10.2 Å². The predicted molar refractivity (Wildman–Crippen MR) is 164 cm³/mol. The lowest BCUT2D eigenvalue weighted by atomic mass is 9.93. The summed E-state index contributed by atoms with van der Waals surface area (Å²) in [6, 6.07) is 23.3. The number of amides is 1. The lowest BCUT2D eigenvalue weighted by Crippen LogP contribution is -2.41. The van der Waals surface area contributed by atoms with Crippen molar-refractivity contribution in [2.24, 2.45) is 0 Å². The van der Waals surface area contributed by atoms with Crippen LogP contribution in [0.5, 0.6) is 0 Å². The van der Waals surface area contributed by atoms with Gasteiger partial charge in [0.2, 0.25) is 0 Å². The molecule has 4 rings (SSSR count). The quantitative estimate of drug-likeness (QED) is 0.266. The molecule has 0 aromatic heterocycles. The third-order valence-electron chi connectivity index (χ3n) is 7.61. The Balaban J connectivity index is 1.55. The fraction of sp³-hybridized carbons (Fsp3) is 0.394. The summed E-state index contributed by atoms with van der Waals surface area (Å²) in [6.07, 6.45) is 3.31. The van der Waals surface area contributed by atoms with Crippen LogP contribution in [-0.2, 0) is 27.4 Å². The Morgan fingerprint density at radius 1 is 1.05 bits per heavy atom. The number of ether oxygens (including phenoxy) is 2.